The van der Waals surface area contributed by atoms with Gasteiger partial charge in [-0.2, -0.15) is 30.0 Å². The summed E-state index contributed by atoms with van der Waals surface area (Å²) in [5, 5.41) is 6.78. The van der Waals surface area contributed by atoms with Crippen LogP contribution in [0.5, 0.6) is 0 Å². The summed E-state index contributed by atoms with van der Waals surface area (Å²) < 4.78 is 39.6. The molecule has 0 saturated carbocycles. The van der Waals surface area contributed by atoms with E-state index in [-0.39, 0.29) is 36.3 Å². The number of hydrogen-bond donors (Lipinski definition) is 2. The van der Waals surface area contributed by atoms with Gasteiger partial charge in [0.25, 0.3) is 23.6 Å². The van der Waals surface area contributed by atoms with E-state index in [9.17, 15) is 37.1 Å². The van der Waals surface area contributed by atoms with Crippen LogP contribution in [0.2, 0.25) is 5.02 Å². The second-order valence-corrected chi connectivity index (χ2v) is 13.2. The number of rotatable bonds is 12. The highest BCUT2D eigenvalue weighted by Gasteiger charge is 2.33. The van der Waals surface area contributed by atoms with E-state index in [2.05, 4.69) is 32.5 Å². The lowest BCUT2D eigenvalue weighted by molar-refractivity contribution is -0.188. The van der Waals surface area contributed by atoms with Gasteiger partial charge in [-0.1, -0.05) is 36.7 Å². The number of piperidine rings is 1. The van der Waals surface area contributed by atoms with E-state index in [1.807, 2.05) is 24.3 Å². The van der Waals surface area contributed by atoms with Crippen molar-refractivity contribution in [3.05, 3.63) is 93.5 Å². The normalized spacial score (nSPS) is 14.6. The smallest absolute Gasteiger partial charge is 0.372 e. The summed E-state index contributed by atoms with van der Waals surface area (Å²) in [6.07, 6.45) is 1.04. The first kappa shape index (κ1) is 39.9. The Kier molecular flexibility index (Phi) is 14.6. The van der Waals surface area contributed by atoms with E-state index in [0.717, 1.165) is 79.9 Å². The molecule has 52 heavy (non-hydrogen) atoms. The topological polar surface area (TPSA) is 137 Å². The van der Waals surface area contributed by atoms with Gasteiger partial charge in [0.1, 0.15) is 0 Å². The number of amides is 4. The number of hydrogen-bond acceptors (Lipinski definition) is 9. The maximum atomic E-state index is 13.3. The predicted molar refractivity (Wildman–Crippen MR) is 193 cm³/mol. The summed E-state index contributed by atoms with van der Waals surface area (Å²) in [5.74, 6) is -0.0725. The van der Waals surface area contributed by atoms with E-state index in [1.54, 1.807) is 30.0 Å². The van der Waals surface area contributed by atoms with Crippen LogP contribution in [-0.4, -0.2) is 60.2 Å². The largest absolute Gasteiger partial charge is 0.417 e. The summed E-state index contributed by atoms with van der Waals surface area (Å²) in [4.78, 5) is 63.6. The van der Waals surface area contributed by atoms with Crippen LogP contribution < -0.4 is 15.6 Å². The van der Waals surface area contributed by atoms with Gasteiger partial charge in [0.2, 0.25) is 0 Å². The molecule has 16 heteroatoms. The summed E-state index contributed by atoms with van der Waals surface area (Å²) in [6, 6.07) is 16.0. The fourth-order valence-electron chi connectivity index (χ4n) is 5.29. The van der Waals surface area contributed by atoms with E-state index in [0.29, 0.717) is 16.3 Å². The lowest BCUT2D eigenvalue weighted by Gasteiger charge is -2.29. The van der Waals surface area contributed by atoms with Gasteiger partial charge in [-0.15, -0.1) is 5.06 Å². The molecule has 3 aromatic rings. The maximum absolute atomic E-state index is 13.3. The van der Waals surface area contributed by atoms with Crippen molar-refractivity contribution in [1.82, 2.24) is 10.5 Å². The number of nitrogens with zero attached hydrogens (tertiary/aromatic N) is 3. The summed E-state index contributed by atoms with van der Waals surface area (Å²) in [6.45, 7) is 3.88. The zero-order valence-corrected chi connectivity index (χ0v) is 29.8. The molecule has 0 spiro atoms. The number of imide groups is 1. The van der Waals surface area contributed by atoms with Crippen molar-refractivity contribution in [2.75, 3.05) is 29.1 Å². The molecular formula is C36H37ClF3N5O6S. The Bertz CT molecular complexity index is 1790. The van der Waals surface area contributed by atoms with E-state index in [4.69, 9.17) is 11.6 Å². The minimum absolute atomic E-state index is 0.0567. The van der Waals surface area contributed by atoms with Crippen LogP contribution >= 0.6 is 23.4 Å². The van der Waals surface area contributed by atoms with Gasteiger partial charge in [-0.25, -0.2) is 5.43 Å². The van der Waals surface area contributed by atoms with Crippen molar-refractivity contribution in [2.45, 2.75) is 57.4 Å². The van der Waals surface area contributed by atoms with Gasteiger partial charge in [-0.05, 0) is 85.0 Å². The second-order valence-electron chi connectivity index (χ2n) is 11.7. The number of halogens is 4. The molecule has 5 rings (SSSR count). The molecule has 3 aromatic carbocycles. The molecule has 0 unspecified atom stereocenters. The fourth-order valence-corrected chi connectivity index (χ4v) is 6.36. The van der Waals surface area contributed by atoms with Crippen LogP contribution in [-0.2, 0) is 31.2 Å². The summed E-state index contributed by atoms with van der Waals surface area (Å²) in [5.41, 5.74) is 4.32. The van der Waals surface area contributed by atoms with Crippen LogP contribution in [0.25, 0.3) is 0 Å². The molecule has 2 aliphatic rings. The molecule has 2 aliphatic heterocycles. The minimum Gasteiger partial charge on any atom is -0.372 e. The number of benzene rings is 3. The van der Waals surface area contributed by atoms with Gasteiger partial charge in [0.05, 0.1) is 28.1 Å². The third kappa shape index (κ3) is 11.3. The second kappa shape index (κ2) is 19.1. The average Bonchev–Trinajstić information content (AvgIpc) is 3.45. The Hall–Kier alpha value is -4.89. The molecule has 276 valence electrons. The minimum atomic E-state index is -4.62. The molecule has 0 aromatic heterocycles. The Morgan fingerprint density at radius 3 is 2.38 bits per heavy atom. The fraction of sp³-hybridized carbons (Fsp3) is 0.333. The number of carbonyl (C=O) groups is 5. The standard InChI is InChI=1S/C31H32ClF3N4O2S.C5H5NO4/c1-2-15-42-20-22-7-6-8-23(16-22)29(40)37-28-12-10-24(39-13-4-3-5-14-39)18-25(28)30(41)38-36-19-21-9-11-27(32)26(17-21)31(33,34)35;7-3-10-6-4(8)1-2-5(6)9/h6-12,16-19H,2-5,13-15,20H2,1H3,(H,37,40)(H,38,41);3H,1-2H2/b36-19+;. The van der Waals surface area contributed by atoms with Gasteiger partial charge < -0.3 is 15.1 Å². The third-order valence-corrected chi connectivity index (χ3v) is 9.42. The molecule has 0 radical (unpaired) electrons. The van der Waals surface area contributed by atoms with E-state index in [1.165, 1.54) is 6.07 Å². The highest BCUT2D eigenvalue weighted by atomic mass is 35.5. The first-order chi connectivity index (χ1) is 24.9. The summed E-state index contributed by atoms with van der Waals surface area (Å²) in [7, 11) is 0. The Balaban J connectivity index is 0.000000521. The Morgan fingerprint density at radius 1 is 0.981 bits per heavy atom. The van der Waals surface area contributed by atoms with Gasteiger partial charge in [0.15, 0.2) is 0 Å². The van der Waals surface area contributed by atoms with E-state index >= 15 is 0 Å². The SMILES string of the molecule is CCCSCc1cccc(C(=O)Nc2ccc(N3CCCCC3)cc2C(=O)N/N=C/c2ccc(Cl)c(C(F)(F)F)c2)c1.O=CON1C(=O)CCC1=O. The molecule has 2 saturated heterocycles. The molecule has 11 nitrogen and oxygen atoms in total. The lowest BCUT2D eigenvalue weighted by atomic mass is 10.1. The molecule has 0 aliphatic carbocycles. The number of hydrazone groups is 1. The Morgan fingerprint density at radius 2 is 1.71 bits per heavy atom. The maximum Gasteiger partial charge on any atom is 0.417 e. The van der Waals surface area contributed by atoms with Crippen LogP contribution in [0.15, 0.2) is 65.8 Å². The molecule has 2 fully saturated rings. The monoisotopic (exact) mass is 759 g/mol. The van der Waals surface area contributed by atoms with Crippen molar-refractivity contribution in [3.63, 3.8) is 0 Å². The van der Waals surface area contributed by atoms with Gasteiger partial charge in [-0.3, -0.25) is 24.0 Å². The first-order valence-corrected chi connectivity index (χ1v) is 18.0. The number of carbonyl (C=O) groups excluding carboxylic acids is 5. The highest BCUT2D eigenvalue weighted by molar-refractivity contribution is 7.98. The van der Waals surface area contributed by atoms with Gasteiger partial charge >= 0.3 is 12.6 Å². The number of thioether (sulfide) groups is 1. The zero-order valence-electron chi connectivity index (χ0n) is 28.2. The lowest BCUT2D eigenvalue weighted by Crippen LogP contribution is -2.30. The van der Waals surface area contributed by atoms with Crippen molar-refractivity contribution in [2.24, 2.45) is 5.10 Å². The van der Waals surface area contributed by atoms with Gasteiger partial charge in [0, 0.05) is 42.9 Å². The van der Waals surface area contributed by atoms with Crippen LogP contribution in [0.1, 0.15) is 82.9 Å². The number of alkyl halides is 3. The molecule has 0 bridgehead atoms. The quantitative estimate of drug-likeness (QED) is 0.0649. The number of nitrogens with one attached hydrogen (secondary N) is 2. The third-order valence-electron chi connectivity index (χ3n) is 7.85. The van der Waals surface area contributed by atoms with Crippen molar-refractivity contribution in [3.8, 4) is 0 Å². The van der Waals surface area contributed by atoms with Crippen molar-refractivity contribution in [1.29, 1.82) is 0 Å². The average molecular weight is 760 g/mol. The zero-order chi connectivity index (χ0) is 37.7. The Labute approximate surface area is 307 Å². The number of anilines is 2. The molecule has 2 heterocycles. The van der Waals surface area contributed by atoms with Crippen LogP contribution in [0.4, 0.5) is 24.5 Å². The van der Waals surface area contributed by atoms with Crippen LogP contribution in [0.3, 0.4) is 0 Å². The summed E-state index contributed by atoms with van der Waals surface area (Å²) >= 11 is 7.49. The molecular weight excluding hydrogens is 723 g/mol. The van der Waals surface area contributed by atoms with Crippen molar-refractivity contribution < 1.29 is 42.0 Å². The molecule has 0 atom stereocenters. The first-order valence-electron chi connectivity index (χ1n) is 16.4. The highest BCUT2D eigenvalue weighted by Crippen LogP contribution is 2.35. The van der Waals surface area contributed by atoms with Crippen molar-refractivity contribution >= 4 is 71.1 Å². The number of hydroxylamine groups is 2. The molecule has 2 N–H and O–H groups in total. The molecule has 4 amide bonds. The predicted octanol–water partition coefficient (Wildman–Crippen LogP) is 7.23. The van der Waals surface area contributed by atoms with E-state index < -0.39 is 34.5 Å². The van der Waals surface area contributed by atoms with Crippen LogP contribution in [0, 0.1) is 0 Å².